The molecule has 0 saturated carbocycles. The van der Waals surface area contributed by atoms with Gasteiger partial charge >= 0.3 is 0 Å². The minimum absolute atomic E-state index is 0.0682. The van der Waals surface area contributed by atoms with Gasteiger partial charge in [0, 0.05) is 0 Å². The fourth-order valence-corrected chi connectivity index (χ4v) is 5.49. The van der Waals surface area contributed by atoms with Crippen LogP contribution in [0.3, 0.4) is 0 Å². The number of methoxy groups -OCH3 is 2. The first kappa shape index (κ1) is 27.4. The normalized spacial score (nSPS) is 12.2. The molecular weight excluding hydrogens is 500 g/mol. The SMILES string of the molecule is COc1ccc([C@H](CC(C)C)NC(=O)CN(c2ccc(OC)c(Cl)c2)S(=O)(=O)c2ccccc2)cc1. The van der Waals surface area contributed by atoms with Gasteiger partial charge in [0.25, 0.3) is 10.0 Å². The van der Waals surface area contributed by atoms with Crippen LogP contribution in [0.1, 0.15) is 31.9 Å². The molecule has 3 rings (SSSR count). The van der Waals surface area contributed by atoms with Crippen LogP contribution >= 0.6 is 11.6 Å². The average molecular weight is 531 g/mol. The lowest BCUT2D eigenvalue weighted by atomic mass is 9.97. The number of amides is 1. The van der Waals surface area contributed by atoms with E-state index in [4.69, 9.17) is 21.1 Å². The molecule has 0 aliphatic carbocycles. The number of anilines is 1. The number of benzene rings is 3. The molecule has 3 aromatic rings. The maximum absolute atomic E-state index is 13.6. The zero-order valence-electron chi connectivity index (χ0n) is 20.8. The van der Waals surface area contributed by atoms with Crippen LogP contribution < -0.4 is 19.1 Å². The van der Waals surface area contributed by atoms with E-state index in [1.807, 2.05) is 24.3 Å². The molecule has 0 spiro atoms. The maximum atomic E-state index is 13.6. The fourth-order valence-electron chi connectivity index (χ4n) is 3.80. The molecule has 192 valence electrons. The number of nitrogens with zero attached hydrogens (tertiary/aromatic N) is 1. The van der Waals surface area contributed by atoms with Crippen LogP contribution in [0.25, 0.3) is 0 Å². The van der Waals surface area contributed by atoms with Crippen molar-refractivity contribution >= 4 is 33.2 Å². The molecule has 0 aromatic heterocycles. The standard InChI is InChI=1S/C27H31ClN2O5S/c1-19(2)16-25(20-10-13-22(34-3)14-11-20)29-27(31)18-30(21-12-15-26(35-4)24(28)17-21)36(32,33)23-8-6-5-7-9-23/h5-15,17,19,25H,16,18H2,1-4H3,(H,29,31)/t25-/m0/s1. The van der Waals surface area contributed by atoms with Crippen LogP contribution in [-0.4, -0.2) is 35.1 Å². The molecule has 0 bridgehead atoms. The Morgan fingerprint density at radius 3 is 2.19 bits per heavy atom. The summed E-state index contributed by atoms with van der Waals surface area (Å²) in [6, 6.07) is 19.7. The number of carbonyl (C=O) groups excluding carboxylic acids is 1. The molecule has 1 amide bonds. The molecule has 1 N–H and O–H groups in total. The van der Waals surface area contributed by atoms with Gasteiger partial charge in [-0.15, -0.1) is 0 Å². The predicted octanol–water partition coefficient (Wildman–Crippen LogP) is 5.46. The minimum Gasteiger partial charge on any atom is -0.497 e. The zero-order chi connectivity index (χ0) is 26.3. The second kappa shape index (κ2) is 12.1. The van der Waals surface area contributed by atoms with Crippen LogP contribution in [0.15, 0.2) is 77.7 Å². The molecule has 3 aromatic carbocycles. The van der Waals surface area contributed by atoms with E-state index in [-0.39, 0.29) is 21.6 Å². The van der Waals surface area contributed by atoms with Crippen LogP contribution in [-0.2, 0) is 14.8 Å². The number of sulfonamides is 1. The van der Waals surface area contributed by atoms with Gasteiger partial charge in [0.15, 0.2) is 0 Å². The Hall–Kier alpha value is -3.23. The molecule has 7 nitrogen and oxygen atoms in total. The van der Waals surface area contributed by atoms with Crippen LogP contribution in [0.4, 0.5) is 5.69 Å². The van der Waals surface area contributed by atoms with Gasteiger partial charge in [-0.2, -0.15) is 0 Å². The van der Waals surface area contributed by atoms with Crippen molar-refractivity contribution < 1.29 is 22.7 Å². The molecule has 36 heavy (non-hydrogen) atoms. The Bertz CT molecular complexity index is 1270. The van der Waals surface area contributed by atoms with Crippen molar-refractivity contribution in [1.82, 2.24) is 5.32 Å². The quantitative estimate of drug-likeness (QED) is 0.356. The highest BCUT2D eigenvalue weighted by atomic mass is 35.5. The first-order valence-corrected chi connectivity index (χ1v) is 13.3. The third-order valence-corrected chi connectivity index (χ3v) is 7.69. The van der Waals surface area contributed by atoms with Crippen molar-refractivity contribution in [3.05, 3.63) is 83.4 Å². The number of hydrogen-bond acceptors (Lipinski definition) is 5. The molecule has 0 unspecified atom stereocenters. The van der Waals surface area contributed by atoms with E-state index in [0.717, 1.165) is 9.87 Å². The van der Waals surface area contributed by atoms with Gasteiger partial charge in [0.2, 0.25) is 5.91 Å². The number of carbonyl (C=O) groups is 1. The number of halogens is 1. The summed E-state index contributed by atoms with van der Waals surface area (Å²) in [4.78, 5) is 13.4. The monoisotopic (exact) mass is 530 g/mol. The topological polar surface area (TPSA) is 84.9 Å². The summed E-state index contributed by atoms with van der Waals surface area (Å²) in [6.45, 7) is 3.70. The minimum atomic E-state index is -4.06. The van der Waals surface area contributed by atoms with Gasteiger partial charge in [-0.1, -0.05) is 55.8 Å². The van der Waals surface area contributed by atoms with Crippen LogP contribution in [0.2, 0.25) is 5.02 Å². The Morgan fingerprint density at radius 1 is 0.972 bits per heavy atom. The van der Waals surface area contributed by atoms with E-state index < -0.39 is 22.5 Å². The van der Waals surface area contributed by atoms with Crippen molar-refractivity contribution in [2.75, 3.05) is 25.1 Å². The maximum Gasteiger partial charge on any atom is 0.264 e. The van der Waals surface area contributed by atoms with Crippen molar-refractivity contribution in [2.45, 2.75) is 31.2 Å². The molecule has 0 fully saturated rings. The van der Waals surface area contributed by atoms with E-state index in [1.165, 1.54) is 25.3 Å². The summed E-state index contributed by atoms with van der Waals surface area (Å²) in [5.74, 6) is 0.966. The second-order valence-electron chi connectivity index (χ2n) is 8.67. The van der Waals surface area contributed by atoms with Gasteiger partial charge in [0.05, 0.1) is 35.9 Å². The molecular formula is C27H31ClN2O5S. The second-order valence-corrected chi connectivity index (χ2v) is 10.9. The van der Waals surface area contributed by atoms with Gasteiger partial charge in [-0.25, -0.2) is 8.42 Å². The van der Waals surface area contributed by atoms with Crippen molar-refractivity contribution in [1.29, 1.82) is 0 Å². The van der Waals surface area contributed by atoms with Gasteiger partial charge in [0.1, 0.15) is 18.0 Å². The number of rotatable bonds is 11. The highest BCUT2D eigenvalue weighted by Gasteiger charge is 2.29. The third-order valence-electron chi connectivity index (χ3n) is 5.60. The fraction of sp³-hybridized carbons (Fsp3) is 0.296. The summed E-state index contributed by atoms with van der Waals surface area (Å²) in [5, 5.41) is 3.26. The largest absolute Gasteiger partial charge is 0.497 e. The molecule has 0 heterocycles. The molecule has 0 radical (unpaired) electrons. The van der Waals surface area contributed by atoms with Crippen molar-refractivity contribution in [2.24, 2.45) is 5.92 Å². The lowest BCUT2D eigenvalue weighted by Crippen LogP contribution is -2.42. The number of hydrogen-bond donors (Lipinski definition) is 1. The lowest BCUT2D eigenvalue weighted by molar-refractivity contribution is -0.120. The molecule has 0 aliphatic rings. The van der Waals surface area contributed by atoms with E-state index in [0.29, 0.717) is 23.8 Å². The highest BCUT2D eigenvalue weighted by molar-refractivity contribution is 7.92. The zero-order valence-corrected chi connectivity index (χ0v) is 22.3. The van der Waals surface area contributed by atoms with E-state index in [1.54, 1.807) is 37.4 Å². The smallest absolute Gasteiger partial charge is 0.264 e. The summed E-state index contributed by atoms with van der Waals surface area (Å²) >= 11 is 6.30. The highest BCUT2D eigenvalue weighted by Crippen LogP contribution is 2.32. The third kappa shape index (κ3) is 6.71. The Kier molecular flexibility index (Phi) is 9.23. The number of nitrogens with one attached hydrogen (secondary N) is 1. The average Bonchev–Trinajstić information content (AvgIpc) is 2.87. The Balaban J connectivity index is 1.94. The van der Waals surface area contributed by atoms with E-state index >= 15 is 0 Å². The first-order chi connectivity index (χ1) is 17.1. The Morgan fingerprint density at radius 2 is 1.64 bits per heavy atom. The van der Waals surface area contributed by atoms with Gasteiger partial charge < -0.3 is 14.8 Å². The summed E-state index contributed by atoms with van der Waals surface area (Å²) in [6.07, 6.45) is 0.678. The molecule has 0 aliphatic heterocycles. The molecule has 0 saturated heterocycles. The molecule has 9 heteroatoms. The summed E-state index contributed by atoms with van der Waals surface area (Å²) < 4.78 is 38.7. The van der Waals surface area contributed by atoms with Gasteiger partial charge in [-0.05, 0) is 60.4 Å². The summed E-state index contributed by atoms with van der Waals surface area (Å²) in [7, 11) is -0.996. The number of ether oxygens (including phenoxy) is 2. The Labute approximate surface area is 218 Å². The van der Waals surface area contributed by atoms with Gasteiger partial charge in [-0.3, -0.25) is 9.10 Å². The van der Waals surface area contributed by atoms with E-state index in [2.05, 4.69) is 19.2 Å². The first-order valence-electron chi connectivity index (χ1n) is 11.5. The van der Waals surface area contributed by atoms with Crippen LogP contribution in [0.5, 0.6) is 11.5 Å². The summed E-state index contributed by atoms with van der Waals surface area (Å²) in [5.41, 5.74) is 1.16. The van der Waals surface area contributed by atoms with Crippen LogP contribution in [0, 0.1) is 5.92 Å². The van der Waals surface area contributed by atoms with E-state index in [9.17, 15) is 13.2 Å². The molecule has 1 atom stereocenters. The predicted molar refractivity (Wildman–Crippen MR) is 142 cm³/mol. The van der Waals surface area contributed by atoms with Crippen molar-refractivity contribution in [3.8, 4) is 11.5 Å². The van der Waals surface area contributed by atoms with Crippen molar-refractivity contribution in [3.63, 3.8) is 0 Å². The lowest BCUT2D eigenvalue weighted by Gasteiger charge is -2.27.